The van der Waals surface area contributed by atoms with Crippen LogP contribution < -0.4 is 5.32 Å². The number of hydrogen-bond donors (Lipinski definition) is 2. The van der Waals surface area contributed by atoms with E-state index in [1.54, 1.807) is 0 Å². The lowest BCUT2D eigenvalue weighted by Crippen LogP contribution is -2.17. The summed E-state index contributed by atoms with van der Waals surface area (Å²) in [6, 6.07) is 0. The Labute approximate surface area is 97.8 Å². The molecular formula is C11H19NS2. The van der Waals surface area contributed by atoms with Gasteiger partial charge in [-0.15, -0.1) is 12.6 Å². The third kappa shape index (κ3) is 3.62. The molecule has 0 radical (unpaired) electrons. The summed E-state index contributed by atoms with van der Waals surface area (Å²) in [6.45, 7) is 5.55. The highest BCUT2D eigenvalue weighted by Gasteiger charge is 2.15. The van der Waals surface area contributed by atoms with Gasteiger partial charge in [-0.2, -0.15) is 0 Å². The van der Waals surface area contributed by atoms with E-state index in [-0.39, 0.29) is 0 Å². The van der Waals surface area contributed by atoms with E-state index in [9.17, 15) is 0 Å². The average molecular weight is 229 g/mol. The number of allylic oxidation sites excluding steroid dienone is 1. The lowest BCUT2D eigenvalue weighted by Gasteiger charge is -2.11. The first-order valence-electron chi connectivity index (χ1n) is 5.30. The average Bonchev–Trinajstić information content (AvgIpc) is 2.51. The highest BCUT2D eigenvalue weighted by Crippen LogP contribution is 2.26. The van der Waals surface area contributed by atoms with Crippen molar-refractivity contribution in [3.8, 4) is 0 Å². The van der Waals surface area contributed by atoms with Crippen molar-refractivity contribution in [2.75, 3.05) is 6.54 Å². The van der Waals surface area contributed by atoms with E-state index in [2.05, 4.69) is 31.8 Å². The largest absolute Gasteiger partial charge is 0.388 e. The number of hydrogen-bond acceptors (Lipinski definition) is 2. The summed E-state index contributed by atoms with van der Waals surface area (Å²) < 4.78 is 0.773. The van der Waals surface area contributed by atoms with Crippen LogP contribution in [0, 0.1) is 5.92 Å². The van der Waals surface area contributed by atoms with E-state index >= 15 is 0 Å². The van der Waals surface area contributed by atoms with Gasteiger partial charge in [0.2, 0.25) is 0 Å². The number of rotatable bonds is 5. The van der Waals surface area contributed by atoms with Gasteiger partial charge in [-0.1, -0.05) is 26.1 Å². The van der Waals surface area contributed by atoms with Crippen molar-refractivity contribution in [1.29, 1.82) is 0 Å². The molecule has 3 heteroatoms. The zero-order valence-corrected chi connectivity index (χ0v) is 10.7. The van der Waals surface area contributed by atoms with Gasteiger partial charge >= 0.3 is 0 Å². The van der Waals surface area contributed by atoms with Crippen molar-refractivity contribution < 1.29 is 0 Å². The van der Waals surface area contributed by atoms with Crippen molar-refractivity contribution in [3.05, 3.63) is 11.3 Å². The normalized spacial score (nSPS) is 16.6. The van der Waals surface area contributed by atoms with E-state index in [4.69, 9.17) is 12.2 Å². The van der Waals surface area contributed by atoms with Gasteiger partial charge in [0.15, 0.2) is 0 Å². The summed E-state index contributed by atoms with van der Waals surface area (Å²) in [7, 11) is 0. The van der Waals surface area contributed by atoms with Gasteiger partial charge < -0.3 is 5.32 Å². The molecule has 0 amide bonds. The predicted octanol–water partition coefficient (Wildman–Crippen LogP) is 3.32. The van der Waals surface area contributed by atoms with E-state index < -0.39 is 0 Å². The molecule has 0 heterocycles. The third-order valence-electron chi connectivity index (χ3n) is 2.54. The first-order chi connectivity index (χ1) is 6.61. The Morgan fingerprint density at radius 1 is 1.50 bits per heavy atom. The van der Waals surface area contributed by atoms with Crippen LogP contribution in [0.4, 0.5) is 0 Å². The molecule has 0 spiro atoms. The van der Waals surface area contributed by atoms with Crippen LogP contribution in [-0.2, 0) is 0 Å². The summed E-state index contributed by atoms with van der Waals surface area (Å²) in [6.07, 6.45) is 4.69. The molecular weight excluding hydrogens is 210 g/mol. The fourth-order valence-corrected chi connectivity index (χ4v) is 2.16. The minimum absolute atomic E-state index is 0.760. The second-order valence-electron chi connectivity index (χ2n) is 4.23. The van der Waals surface area contributed by atoms with Crippen LogP contribution in [0.15, 0.2) is 11.3 Å². The van der Waals surface area contributed by atoms with Gasteiger partial charge in [0.05, 0.1) is 4.20 Å². The third-order valence-corrected chi connectivity index (χ3v) is 3.05. The highest BCUT2D eigenvalue weighted by atomic mass is 32.1. The predicted molar refractivity (Wildman–Crippen MR) is 69.9 cm³/mol. The molecule has 1 aliphatic rings. The van der Waals surface area contributed by atoms with Crippen molar-refractivity contribution in [3.63, 3.8) is 0 Å². The molecule has 0 unspecified atom stereocenters. The molecule has 1 nitrogen and oxygen atoms in total. The van der Waals surface area contributed by atoms with Crippen LogP contribution >= 0.6 is 24.8 Å². The van der Waals surface area contributed by atoms with Crippen molar-refractivity contribution >= 4 is 29.0 Å². The number of thiocarbonyl (C=S) groups is 1. The summed E-state index contributed by atoms with van der Waals surface area (Å²) in [5, 5.41) is 3.49. The molecule has 0 aliphatic heterocycles. The quantitative estimate of drug-likeness (QED) is 0.554. The van der Waals surface area contributed by atoms with Crippen LogP contribution in [0.2, 0.25) is 0 Å². The molecule has 0 saturated heterocycles. The second kappa shape index (κ2) is 5.76. The van der Waals surface area contributed by atoms with Gasteiger partial charge in [-0.05, 0) is 37.2 Å². The number of thiol groups is 1. The molecule has 14 heavy (non-hydrogen) atoms. The minimum atomic E-state index is 0.760. The van der Waals surface area contributed by atoms with E-state index in [1.165, 1.54) is 24.1 Å². The molecule has 0 saturated carbocycles. The maximum Gasteiger partial charge on any atom is 0.0724 e. The van der Waals surface area contributed by atoms with E-state index in [0.29, 0.717) is 0 Å². The number of nitrogens with one attached hydrogen (secondary N) is 1. The molecule has 1 rings (SSSR count). The molecule has 0 bridgehead atoms. The van der Waals surface area contributed by atoms with Gasteiger partial charge in [0.25, 0.3) is 0 Å². The molecule has 0 atom stereocenters. The highest BCUT2D eigenvalue weighted by molar-refractivity contribution is 8.11. The first kappa shape index (κ1) is 12.1. The Morgan fingerprint density at radius 2 is 2.21 bits per heavy atom. The van der Waals surface area contributed by atoms with Crippen LogP contribution in [0.3, 0.4) is 0 Å². The Morgan fingerprint density at radius 3 is 2.79 bits per heavy atom. The van der Waals surface area contributed by atoms with E-state index in [0.717, 1.165) is 29.5 Å². The maximum absolute atomic E-state index is 5.10. The van der Waals surface area contributed by atoms with Crippen LogP contribution in [-0.4, -0.2) is 10.7 Å². The smallest absolute Gasteiger partial charge is 0.0724 e. The zero-order valence-electron chi connectivity index (χ0n) is 8.97. The topological polar surface area (TPSA) is 12.0 Å². The molecule has 0 aromatic carbocycles. The van der Waals surface area contributed by atoms with Crippen LogP contribution in [0.1, 0.15) is 39.5 Å². The molecule has 1 N–H and O–H groups in total. The van der Waals surface area contributed by atoms with Gasteiger partial charge in [0.1, 0.15) is 0 Å². The summed E-state index contributed by atoms with van der Waals surface area (Å²) in [4.78, 5) is 0. The van der Waals surface area contributed by atoms with Crippen LogP contribution in [0.25, 0.3) is 0 Å². The Kier molecular flexibility index (Phi) is 4.96. The van der Waals surface area contributed by atoms with Crippen molar-refractivity contribution in [2.45, 2.75) is 39.5 Å². The van der Waals surface area contributed by atoms with Crippen LogP contribution in [0.5, 0.6) is 0 Å². The lowest BCUT2D eigenvalue weighted by atomic mass is 10.1. The maximum atomic E-state index is 5.10. The van der Waals surface area contributed by atoms with Crippen molar-refractivity contribution in [1.82, 2.24) is 5.32 Å². The van der Waals surface area contributed by atoms with Gasteiger partial charge in [0, 0.05) is 12.2 Å². The Bertz CT molecular complexity index is 244. The fraction of sp³-hybridized carbons (Fsp3) is 0.727. The molecule has 0 aromatic heterocycles. The van der Waals surface area contributed by atoms with Gasteiger partial charge in [-0.25, -0.2) is 0 Å². The summed E-state index contributed by atoms with van der Waals surface area (Å²) in [5.74, 6) is 0.760. The standard InChI is InChI=1S/C11H19NS2/c1-8(2)6-7-12-10-5-3-4-9(10)11(13)14/h8,12H,3-7H2,1-2H3,(H,13,14). The zero-order chi connectivity index (χ0) is 10.6. The molecule has 0 aromatic rings. The monoisotopic (exact) mass is 229 g/mol. The molecule has 1 aliphatic carbocycles. The summed E-state index contributed by atoms with van der Waals surface area (Å²) >= 11 is 9.35. The Hall–Kier alpha value is -0.0200. The Balaban J connectivity index is 2.42. The molecule has 0 fully saturated rings. The van der Waals surface area contributed by atoms with Gasteiger partial charge in [-0.3, -0.25) is 0 Å². The SMILES string of the molecule is CC(C)CCNC1=C(C(=S)S)CCC1. The van der Waals surface area contributed by atoms with E-state index in [1.807, 2.05) is 0 Å². The fourth-order valence-electron chi connectivity index (χ4n) is 1.69. The second-order valence-corrected chi connectivity index (χ2v) is 5.38. The lowest BCUT2D eigenvalue weighted by molar-refractivity contribution is 0.559. The van der Waals surface area contributed by atoms with Crippen molar-refractivity contribution in [2.24, 2.45) is 5.92 Å². The molecule has 80 valence electrons. The summed E-state index contributed by atoms with van der Waals surface area (Å²) in [5.41, 5.74) is 2.61. The first-order valence-corrected chi connectivity index (χ1v) is 6.16. The minimum Gasteiger partial charge on any atom is -0.388 e.